The summed E-state index contributed by atoms with van der Waals surface area (Å²) in [7, 11) is 0. The number of phenolic OH excluding ortho intramolecular Hbond substituents is 1. The van der Waals surface area contributed by atoms with E-state index in [4.69, 9.17) is 10.5 Å². The molecule has 1 unspecified atom stereocenters. The fourth-order valence-corrected chi connectivity index (χ4v) is 7.56. The van der Waals surface area contributed by atoms with E-state index in [0.717, 1.165) is 19.4 Å². The first-order chi connectivity index (χ1) is 21.2. The third kappa shape index (κ3) is 4.70. The number of hydrogen-bond acceptors (Lipinski definition) is 9. The maximum atomic E-state index is 16.7. The number of phenols is 1. The van der Waals surface area contributed by atoms with Gasteiger partial charge < -0.3 is 25.6 Å². The molecule has 0 amide bonds. The molecule has 3 aliphatic rings. The molecule has 232 valence electrons. The summed E-state index contributed by atoms with van der Waals surface area (Å²) in [4.78, 5) is 17.6. The zero-order valence-corrected chi connectivity index (χ0v) is 24.4. The summed E-state index contributed by atoms with van der Waals surface area (Å²) in [5.74, 6) is -1.01. The second-order valence-corrected chi connectivity index (χ2v) is 12.3. The maximum Gasteiger partial charge on any atom is 0.319 e. The molecule has 0 saturated carbocycles. The number of alkyl halides is 1. The van der Waals surface area contributed by atoms with Gasteiger partial charge in [-0.15, -0.1) is 0 Å². The lowest BCUT2D eigenvalue weighted by Crippen LogP contribution is -2.43. The Bertz CT molecular complexity index is 1760. The lowest BCUT2D eigenvalue weighted by molar-refractivity contribution is 0.107. The van der Waals surface area contributed by atoms with Gasteiger partial charge in [0.2, 0.25) is 0 Å². The van der Waals surface area contributed by atoms with Crippen LogP contribution in [0.2, 0.25) is 0 Å². The Morgan fingerprint density at radius 2 is 2.02 bits per heavy atom. The number of anilines is 1. The predicted octanol–water partition coefficient (Wildman–Crippen LogP) is 4.24. The number of aromatic hydroxyl groups is 1. The molecule has 2 aromatic heterocycles. The first kappa shape index (κ1) is 29.0. The molecule has 4 aromatic rings. The van der Waals surface area contributed by atoms with E-state index in [1.807, 2.05) is 4.90 Å². The average molecular weight is 609 g/mol. The second kappa shape index (κ2) is 11.0. The summed E-state index contributed by atoms with van der Waals surface area (Å²) in [6.07, 6.45) is 3.44. The van der Waals surface area contributed by atoms with Crippen LogP contribution in [-0.2, 0) is 6.42 Å². The van der Waals surface area contributed by atoms with Crippen molar-refractivity contribution in [1.82, 2.24) is 19.9 Å². The number of ether oxygens (including phenoxy) is 1. The van der Waals surface area contributed by atoms with Crippen LogP contribution in [0.25, 0.3) is 32.9 Å². The highest BCUT2D eigenvalue weighted by Gasteiger charge is 2.49. The van der Waals surface area contributed by atoms with Gasteiger partial charge in [0, 0.05) is 37.3 Å². The van der Waals surface area contributed by atoms with E-state index in [9.17, 15) is 19.0 Å². The van der Waals surface area contributed by atoms with Crippen molar-refractivity contribution < 1.29 is 28.1 Å². The summed E-state index contributed by atoms with van der Waals surface area (Å²) in [5, 5.41) is 21.9. The van der Waals surface area contributed by atoms with Crippen LogP contribution in [0.3, 0.4) is 0 Å². The molecular formula is C32H35F3N6O3. The Hall–Kier alpha value is -3.74. The van der Waals surface area contributed by atoms with Crippen molar-refractivity contribution in [2.45, 2.75) is 62.8 Å². The summed E-state index contributed by atoms with van der Waals surface area (Å²) >= 11 is 0. The van der Waals surface area contributed by atoms with Crippen LogP contribution in [0, 0.1) is 11.6 Å². The fourth-order valence-electron chi connectivity index (χ4n) is 7.56. The molecule has 3 fully saturated rings. The quantitative estimate of drug-likeness (QED) is 0.283. The van der Waals surface area contributed by atoms with E-state index in [0.29, 0.717) is 59.9 Å². The SMILES string of the molecule is CCc1c(F)ccc2cc(O)cc(-c3ncc4c(N5C[C@@H](N)C[C@H]5CO)nc(OCC56CCCN5C[C@H](F)C6)nc4c3F)c12. The molecule has 9 nitrogen and oxygen atoms in total. The van der Waals surface area contributed by atoms with Gasteiger partial charge in [0.25, 0.3) is 0 Å². The Balaban J connectivity index is 1.39. The number of hydrogen-bond donors (Lipinski definition) is 3. The van der Waals surface area contributed by atoms with Crippen molar-refractivity contribution >= 4 is 27.5 Å². The third-order valence-electron chi connectivity index (χ3n) is 9.57. The molecular weight excluding hydrogens is 573 g/mol. The van der Waals surface area contributed by atoms with Crippen molar-refractivity contribution in [1.29, 1.82) is 0 Å². The van der Waals surface area contributed by atoms with Crippen molar-refractivity contribution in [2.24, 2.45) is 5.73 Å². The van der Waals surface area contributed by atoms with E-state index >= 15 is 4.39 Å². The number of nitrogens with zero attached hydrogens (tertiary/aromatic N) is 5. The average Bonchev–Trinajstić information content (AvgIpc) is 3.67. The molecule has 3 aliphatic heterocycles. The summed E-state index contributed by atoms with van der Waals surface area (Å²) < 4.78 is 52.2. The number of pyridine rings is 1. The summed E-state index contributed by atoms with van der Waals surface area (Å²) in [5.41, 5.74) is 6.21. The van der Waals surface area contributed by atoms with Gasteiger partial charge in [-0.05, 0) is 66.8 Å². The first-order valence-corrected chi connectivity index (χ1v) is 15.2. The van der Waals surface area contributed by atoms with Gasteiger partial charge in [0.15, 0.2) is 5.82 Å². The van der Waals surface area contributed by atoms with Crippen LogP contribution in [-0.4, -0.2) is 86.7 Å². The lowest BCUT2D eigenvalue weighted by Gasteiger charge is -2.31. The lowest BCUT2D eigenvalue weighted by atomic mass is 9.94. The second-order valence-electron chi connectivity index (χ2n) is 12.3. The minimum Gasteiger partial charge on any atom is -0.508 e. The van der Waals surface area contributed by atoms with Crippen molar-refractivity contribution in [2.75, 3.05) is 37.7 Å². The number of benzene rings is 2. The summed E-state index contributed by atoms with van der Waals surface area (Å²) in [6.45, 7) is 3.30. The standard InChI is InChI=1S/C32H35F3N6O3/c1-2-22-25(34)5-4-17-8-21(43)10-23(26(17)22)28-27(35)29-24(12-37-28)30(41-14-19(36)9-20(41)15-42)39-31(38-29)44-16-32-6-3-7-40(32)13-18(33)11-32/h4-5,8,10,12,18-20,42-43H,2-3,6-7,9,11,13-16,36H2,1H3/t18-,19+,20+,32?/m1/s1. The van der Waals surface area contributed by atoms with Crippen molar-refractivity contribution in [3.05, 3.63) is 47.7 Å². The van der Waals surface area contributed by atoms with Crippen LogP contribution in [0.1, 0.15) is 38.2 Å². The zero-order valence-electron chi connectivity index (χ0n) is 24.4. The smallest absolute Gasteiger partial charge is 0.319 e. The van der Waals surface area contributed by atoms with E-state index < -0.39 is 23.3 Å². The van der Waals surface area contributed by atoms with Gasteiger partial charge in [-0.2, -0.15) is 9.97 Å². The molecule has 44 heavy (non-hydrogen) atoms. The van der Waals surface area contributed by atoms with Gasteiger partial charge >= 0.3 is 6.01 Å². The largest absolute Gasteiger partial charge is 0.508 e. The highest BCUT2D eigenvalue weighted by atomic mass is 19.1. The Labute approximate surface area is 252 Å². The monoisotopic (exact) mass is 608 g/mol. The van der Waals surface area contributed by atoms with Crippen LogP contribution >= 0.6 is 0 Å². The van der Waals surface area contributed by atoms with Crippen molar-refractivity contribution in [3.63, 3.8) is 0 Å². The van der Waals surface area contributed by atoms with Gasteiger partial charge in [0.05, 0.1) is 23.6 Å². The Morgan fingerprint density at radius 1 is 1.18 bits per heavy atom. The van der Waals surface area contributed by atoms with Crippen LogP contribution in [0.5, 0.6) is 11.8 Å². The zero-order chi connectivity index (χ0) is 30.7. The fraction of sp³-hybridized carbons (Fsp3) is 0.469. The van der Waals surface area contributed by atoms with Gasteiger partial charge in [-0.25, -0.2) is 13.2 Å². The number of aliphatic hydroxyl groups excluding tert-OH is 1. The molecule has 3 saturated heterocycles. The number of aromatic nitrogens is 3. The molecule has 0 radical (unpaired) electrons. The molecule has 4 N–H and O–H groups in total. The minimum absolute atomic E-state index is 0.0753. The Morgan fingerprint density at radius 3 is 2.82 bits per heavy atom. The predicted molar refractivity (Wildman–Crippen MR) is 161 cm³/mol. The number of rotatable bonds is 7. The maximum absolute atomic E-state index is 16.7. The van der Waals surface area contributed by atoms with E-state index in [-0.39, 0.29) is 53.8 Å². The van der Waals surface area contributed by atoms with Crippen LogP contribution in [0.15, 0.2) is 30.5 Å². The number of aryl methyl sites for hydroxylation is 1. The third-order valence-corrected chi connectivity index (χ3v) is 9.57. The van der Waals surface area contributed by atoms with Crippen LogP contribution in [0.4, 0.5) is 19.0 Å². The first-order valence-electron chi connectivity index (χ1n) is 15.2. The molecule has 0 aliphatic carbocycles. The molecule has 2 aromatic carbocycles. The highest BCUT2D eigenvalue weighted by molar-refractivity contribution is 6.01. The van der Waals surface area contributed by atoms with E-state index in [1.165, 1.54) is 24.4 Å². The van der Waals surface area contributed by atoms with E-state index in [1.54, 1.807) is 13.0 Å². The number of halogens is 3. The van der Waals surface area contributed by atoms with Crippen molar-refractivity contribution in [3.8, 4) is 23.0 Å². The van der Waals surface area contributed by atoms with E-state index in [2.05, 4.69) is 19.9 Å². The van der Waals surface area contributed by atoms with Gasteiger partial charge in [-0.3, -0.25) is 9.88 Å². The summed E-state index contributed by atoms with van der Waals surface area (Å²) in [6, 6.07) is 5.09. The highest BCUT2D eigenvalue weighted by Crippen LogP contribution is 2.42. The van der Waals surface area contributed by atoms with Gasteiger partial charge in [0.1, 0.15) is 41.4 Å². The number of aliphatic hydroxyl groups is 1. The minimum atomic E-state index is -0.940. The molecule has 5 heterocycles. The molecule has 0 spiro atoms. The number of nitrogens with two attached hydrogens (primary N) is 1. The number of fused-ring (bicyclic) bond motifs is 3. The molecule has 12 heteroatoms. The molecule has 7 rings (SSSR count). The topological polar surface area (TPSA) is 121 Å². The Kier molecular flexibility index (Phi) is 7.25. The van der Waals surface area contributed by atoms with Crippen LogP contribution < -0.4 is 15.4 Å². The molecule has 4 atom stereocenters. The van der Waals surface area contributed by atoms with Gasteiger partial charge in [-0.1, -0.05) is 13.0 Å². The normalized spacial score (nSPS) is 25.4. The molecule has 0 bridgehead atoms.